The van der Waals surface area contributed by atoms with Crippen molar-refractivity contribution in [3.8, 4) is 11.8 Å². The van der Waals surface area contributed by atoms with Gasteiger partial charge in [0, 0.05) is 17.8 Å². The maximum absolute atomic E-state index is 12.5. The second-order valence-electron chi connectivity index (χ2n) is 5.90. The Balaban J connectivity index is 1.76. The lowest BCUT2D eigenvalue weighted by molar-refractivity contribution is 0.102. The molecule has 134 valence electrons. The quantitative estimate of drug-likeness (QED) is 0.684. The SMILES string of the molecule is COc1ccc(C(=O)Nc2ccccc2)cc1NCc1cccc(C#N)c1. The molecule has 5 nitrogen and oxygen atoms in total. The van der Waals surface area contributed by atoms with E-state index in [1.54, 1.807) is 31.4 Å². The van der Waals surface area contributed by atoms with Crippen LogP contribution in [0.25, 0.3) is 0 Å². The molecule has 0 fully saturated rings. The van der Waals surface area contributed by atoms with E-state index < -0.39 is 0 Å². The molecule has 3 rings (SSSR count). The molecule has 27 heavy (non-hydrogen) atoms. The number of nitriles is 1. The van der Waals surface area contributed by atoms with Gasteiger partial charge in [0.05, 0.1) is 24.4 Å². The number of benzene rings is 3. The summed E-state index contributed by atoms with van der Waals surface area (Å²) in [7, 11) is 1.58. The minimum atomic E-state index is -0.196. The third-order valence-electron chi connectivity index (χ3n) is 4.03. The fraction of sp³-hybridized carbons (Fsp3) is 0.0909. The smallest absolute Gasteiger partial charge is 0.255 e. The molecule has 3 aromatic rings. The van der Waals surface area contributed by atoms with Crippen LogP contribution in [0.2, 0.25) is 0 Å². The summed E-state index contributed by atoms with van der Waals surface area (Å²) in [5.41, 5.74) is 3.54. The van der Waals surface area contributed by atoms with Gasteiger partial charge in [0.2, 0.25) is 0 Å². The molecule has 0 spiro atoms. The second kappa shape index (κ2) is 8.54. The first-order chi connectivity index (χ1) is 13.2. The van der Waals surface area contributed by atoms with Gasteiger partial charge in [-0.2, -0.15) is 5.26 Å². The zero-order valence-corrected chi connectivity index (χ0v) is 14.9. The van der Waals surface area contributed by atoms with Crippen LogP contribution in [-0.2, 0) is 6.54 Å². The molecule has 5 heteroatoms. The van der Waals surface area contributed by atoms with Crippen molar-refractivity contribution in [2.75, 3.05) is 17.7 Å². The summed E-state index contributed by atoms with van der Waals surface area (Å²) in [4.78, 5) is 12.5. The van der Waals surface area contributed by atoms with Crippen LogP contribution in [0.4, 0.5) is 11.4 Å². The lowest BCUT2D eigenvalue weighted by Crippen LogP contribution is -2.12. The van der Waals surface area contributed by atoms with Crippen molar-refractivity contribution in [1.29, 1.82) is 5.26 Å². The first kappa shape index (κ1) is 18.0. The monoisotopic (exact) mass is 357 g/mol. The predicted octanol–water partition coefficient (Wildman–Crippen LogP) is 4.43. The van der Waals surface area contributed by atoms with Gasteiger partial charge in [-0.05, 0) is 48.0 Å². The number of nitrogens with one attached hydrogen (secondary N) is 2. The number of hydrogen-bond acceptors (Lipinski definition) is 4. The fourth-order valence-electron chi connectivity index (χ4n) is 2.66. The first-order valence-corrected chi connectivity index (χ1v) is 8.47. The molecule has 0 aromatic heterocycles. The van der Waals surface area contributed by atoms with Gasteiger partial charge in [-0.3, -0.25) is 4.79 Å². The summed E-state index contributed by atoms with van der Waals surface area (Å²) < 4.78 is 5.39. The second-order valence-corrected chi connectivity index (χ2v) is 5.90. The third kappa shape index (κ3) is 4.65. The molecule has 3 aromatic carbocycles. The van der Waals surface area contributed by atoms with Crippen LogP contribution >= 0.6 is 0 Å². The summed E-state index contributed by atoms with van der Waals surface area (Å²) in [6, 6.07) is 24.0. The first-order valence-electron chi connectivity index (χ1n) is 8.47. The zero-order valence-electron chi connectivity index (χ0n) is 14.9. The molecule has 0 unspecified atom stereocenters. The molecule has 0 aliphatic carbocycles. The molecular weight excluding hydrogens is 338 g/mol. The van der Waals surface area contributed by atoms with E-state index in [4.69, 9.17) is 10.00 Å². The van der Waals surface area contributed by atoms with Gasteiger partial charge >= 0.3 is 0 Å². The summed E-state index contributed by atoms with van der Waals surface area (Å²) in [6.45, 7) is 0.510. The van der Waals surface area contributed by atoms with Crippen molar-refractivity contribution in [2.24, 2.45) is 0 Å². The lowest BCUT2D eigenvalue weighted by atomic mass is 10.1. The van der Waals surface area contributed by atoms with E-state index in [0.717, 1.165) is 11.3 Å². The average molecular weight is 357 g/mol. The van der Waals surface area contributed by atoms with Gasteiger partial charge in [-0.1, -0.05) is 30.3 Å². The van der Waals surface area contributed by atoms with E-state index >= 15 is 0 Å². The Morgan fingerprint density at radius 3 is 2.59 bits per heavy atom. The van der Waals surface area contributed by atoms with Gasteiger partial charge in [0.1, 0.15) is 5.75 Å². The van der Waals surface area contributed by atoms with Crippen LogP contribution in [-0.4, -0.2) is 13.0 Å². The lowest BCUT2D eigenvalue weighted by Gasteiger charge is -2.13. The number of ether oxygens (including phenoxy) is 1. The van der Waals surface area contributed by atoms with Crippen LogP contribution in [0.1, 0.15) is 21.5 Å². The summed E-state index contributed by atoms with van der Waals surface area (Å²) in [5.74, 6) is 0.445. The van der Waals surface area contributed by atoms with E-state index in [2.05, 4.69) is 16.7 Å². The molecular formula is C22H19N3O2. The normalized spacial score (nSPS) is 9.93. The molecule has 0 bridgehead atoms. The van der Waals surface area contributed by atoms with Gasteiger partial charge in [0.15, 0.2) is 0 Å². The molecule has 0 saturated carbocycles. The number of methoxy groups -OCH3 is 1. The van der Waals surface area contributed by atoms with E-state index in [0.29, 0.717) is 29.1 Å². The Kier molecular flexibility index (Phi) is 5.70. The Bertz CT molecular complexity index is 978. The van der Waals surface area contributed by atoms with Gasteiger partial charge in [0.25, 0.3) is 5.91 Å². The van der Waals surface area contributed by atoms with Crippen molar-refractivity contribution in [1.82, 2.24) is 0 Å². The number of anilines is 2. The van der Waals surface area contributed by atoms with Gasteiger partial charge < -0.3 is 15.4 Å². The highest BCUT2D eigenvalue weighted by atomic mass is 16.5. The number of amides is 1. The van der Waals surface area contributed by atoms with Crippen molar-refractivity contribution in [3.05, 3.63) is 89.5 Å². The Morgan fingerprint density at radius 2 is 1.85 bits per heavy atom. The number of nitrogens with zero attached hydrogens (tertiary/aromatic N) is 1. The Hall–Kier alpha value is -3.78. The Morgan fingerprint density at radius 1 is 1.04 bits per heavy atom. The number of para-hydroxylation sites is 1. The maximum atomic E-state index is 12.5. The van der Waals surface area contributed by atoms with Crippen molar-refractivity contribution < 1.29 is 9.53 Å². The standard InChI is InChI=1S/C22H19N3O2/c1-27-21-11-10-18(22(26)25-19-8-3-2-4-9-19)13-20(21)24-15-17-7-5-6-16(12-17)14-23/h2-13,24H,15H2,1H3,(H,25,26). The number of rotatable bonds is 6. The van der Waals surface area contributed by atoms with Crippen molar-refractivity contribution in [3.63, 3.8) is 0 Å². The minimum absolute atomic E-state index is 0.196. The van der Waals surface area contributed by atoms with E-state index in [-0.39, 0.29) is 5.91 Å². The fourth-order valence-corrected chi connectivity index (χ4v) is 2.66. The van der Waals surface area contributed by atoms with Crippen molar-refractivity contribution >= 4 is 17.3 Å². The molecule has 0 aliphatic rings. The largest absolute Gasteiger partial charge is 0.495 e. The predicted molar refractivity (Wildman–Crippen MR) is 106 cm³/mol. The number of carbonyl (C=O) groups excluding carboxylic acids is 1. The van der Waals surface area contributed by atoms with Gasteiger partial charge in [-0.25, -0.2) is 0 Å². The molecule has 0 aliphatic heterocycles. The van der Waals surface area contributed by atoms with Crippen LogP contribution < -0.4 is 15.4 Å². The van der Waals surface area contributed by atoms with Crippen LogP contribution in [0.5, 0.6) is 5.75 Å². The number of carbonyl (C=O) groups is 1. The summed E-state index contributed by atoms with van der Waals surface area (Å²) >= 11 is 0. The van der Waals surface area contributed by atoms with Crippen LogP contribution in [0.3, 0.4) is 0 Å². The maximum Gasteiger partial charge on any atom is 0.255 e. The molecule has 2 N–H and O–H groups in total. The average Bonchev–Trinajstić information content (AvgIpc) is 2.73. The van der Waals surface area contributed by atoms with E-state index in [1.807, 2.05) is 48.5 Å². The Labute approximate surface area is 158 Å². The highest BCUT2D eigenvalue weighted by molar-refractivity contribution is 6.05. The molecule has 0 saturated heterocycles. The van der Waals surface area contributed by atoms with Crippen LogP contribution in [0.15, 0.2) is 72.8 Å². The molecule has 0 radical (unpaired) electrons. The summed E-state index contributed by atoms with van der Waals surface area (Å²) in [5, 5.41) is 15.2. The van der Waals surface area contributed by atoms with Gasteiger partial charge in [-0.15, -0.1) is 0 Å². The summed E-state index contributed by atoms with van der Waals surface area (Å²) in [6.07, 6.45) is 0. The van der Waals surface area contributed by atoms with Crippen molar-refractivity contribution in [2.45, 2.75) is 6.54 Å². The molecule has 0 atom stereocenters. The molecule has 1 amide bonds. The van der Waals surface area contributed by atoms with Crippen LogP contribution in [0, 0.1) is 11.3 Å². The highest BCUT2D eigenvalue weighted by Gasteiger charge is 2.11. The topological polar surface area (TPSA) is 74.2 Å². The highest BCUT2D eigenvalue weighted by Crippen LogP contribution is 2.26. The van der Waals surface area contributed by atoms with E-state index in [9.17, 15) is 4.79 Å². The zero-order chi connectivity index (χ0) is 19.1. The van der Waals surface area contributed by atoms with E-state index in [1.165, 1.54) is 0 Å². The third-order valence-corrected chi connectivity index (χ3v) is 4.03. The minimum Gasteiger partial charge on any atom is -0.495 e. The molecule has 0 heterocycles. The number of hydrogen-bond donors (Lipinski definition) is 2.